The standard InChI is InChI=1S/C23H28N8O4/c1-33-17-7-13(8-18(34-2)20(17)35-3)30-11-19(26-12-30)28-22-14-9-25-10-15(14)27-23(29-22)31-6-4-5-16(31)21(24)32/h7-8,11-12,16,25H,4-6,9-10H2,1-3H3,(H2,24,32)(H,27,28,29). The zero-order valence-corrected chi connectivity index (χ0v) is 19.9. The van der Waals surface area contributed by atoms with Gasteiger partial charge in [0.1, 0.15) is 24.0 Å². The molecule has 0 radical (unpaired) electrons. The van der Waals surface area contributed by atoms with Crippen molar-refractivity contribution < 1.29 is 19.0 Å². The van der Waals surface area contributed by atoms with Crippen molar-refractivity contribution in [3.05, 3.63) is 35.9 Å². The van der Waals surface area contributed by atoms with E-state index in [0.717, 1.165) is 23.4 Å². The number of hydrogen-bond donors (Lipinski definition) is 3. The lowest BCUT2D eigenvalue weighted by molar-refractivity contribution is -0.119. The number of carbonyl (C=O) groups is 1. The van der Waals surface area contributed by atoms with E-state index in [1.807, 2.05) is 27.8 Å². The van der Waals surface area contributed by atoms with Gasteiger partial charge in [-0.25, -0.2) is 9.97 Å². The number of carbonyl (C=O) groups excluding carboxylic acids is 1. The van der Waals surface area contributed by atoms with Crippen LogP contribution in [0.15, 0.2) is 24.7 Å². The maximum atomic E-state index is 11.9. The van der Waals surface area contributed by atoms with Crippen LogP contribution in [0.4, 0.5) is 17.6 Å². The molecule has 0 saturated carbocycles. The Kier molecular flexibility index (Phi) is 6.03. The van der Waals surface area contributed by atoms with Gasteiger partial charge in [-0.1, -0.05) is 0 Å². The molecule has 12 heteroatoms. The largest absolute Gasteiger partial charge is 0.493 e. The minimum Gasteiger partial charge on any atom is -0.493 e. The van der Waals surface area contributed by atoms with Crippen molar-refractivity contribution in [3.8, 4) is 22.9 Å². The molecule has 35 heavy (non-hydrogen) atoms. The van der Waals surface area contributed by atoms with Crippen LogP contribution in [0, 0.1) is 0 Å². The van der Waals surface area contributed by atoms with E-state index in [1.54, 1.807) is 27.7 Å². The Labute approximate surface area is 202 Å². The average Bonchev–Trinajstić information content (AvgIpc) is 3.63. The predicted octanol–water partition coefficient (Wildman–Crippen LogP) is 1.49. The van der Waals surface area contributed by atoms with Crippen LogP contribution < -0.4 is 35.5 Å². The van der Waals surface area contributed by atoms with Gasteiger partial charge in [0.2, 0.25) is 17.6 Å². The highest BCUT2D eigenvalue weighted by Gasteiger charge is 2.32. The molecule has 4 N–H and O–H groups in total. The van der Waals surface area contributed by atoms with Crippen LogP contribution in [0.5, 0.6) is 17.2 Å². The number of hydrogen-bond acceptors (Lipinski definition) is 10. The normalized spacial score (nSPS) is 16.8. The van der Waals surface area contributed by atoms with Crippen molar-refractivity contribution in [2.75, 3.05) is 38.1 Å². The lowest BCUT2D eigenvalue weighted by atomic mass is 10.2. The molecule has 1 fully saturated rings. The maximum absolute atomic E-state index is 11.9. The number of anilines is 3. The van der Waals surface area contributed by atoms with E-state index in [0.29, 0.717) is 60.9 Å². The monoisotopic (exact) mass is 480 g/mol. The first-order valence-electron chi connectivity index (χ1n) is 11.3. The summed E-state index contributed by atoms with van der Waals surface area (Å²) in [5.74, 6) is 3.01. The second kappa shape index (κ2) is 9.29. The van der Waals surface area contributed by atoms with E-state index in [9.17, 15) is 4.79 Å². The topological polar surface area (TPSA) is 142 Å². The highest BCUT2D eigenvalue weighted by Crippen LogP contribution is 2.39. The first kappa shape index (κ1) is 22.7. The summed E-state index contributed by atoms with van der Waals surface area (Å²) in [6, 6.07) is 3.29. The second-order valence-electron chi connectivity index (χ2n) is 8.33. The summed E-state index contributed by atoms with van der Waals surface area (Å²) < 4.78 is 18.2. The number of benzene rings is 1. The molecule has 1 unspecified atom stereocenters. The fourth-order valence-corrected chi connectivity index (χ4v) is 4.56. The van der Waals surface area contributed by atoms with E-state index >= 15 is 0 Å². The molecule has 1 aromatic carbocycles. The number of nitrogens with one attached hydrogen (secondary N) is 2. The molecule has 1 atom stereocenters. The number of methoxy groups -OCH3 is 3. The number of nitrogens with two attached hydrogens (primary N) is 1. The third-order valence-electron chi connectivity index (χ3n) is 6.29. The number of aromatic nitrogens is 4. The van der Waals surface area contributed by atoms with Gasteiger partial charge in [-0.2, -0.15) is 4.98 Å². The van der Waals surface area contributed by atoms with Crippen LogP contribution in [-0.2, 0) is 17.9 Å². The summed E-state index contributed by atoms with van der Waals surface area (Å²) in [7, 11) is 4.72. The van der Waals surface area contributed by atoms with Gasteiger partial charge in [0.25, 0.3) is 0 Å². The van der Waals surface area contributed by atoms with Crippen molar-refractivity contribution in [1.29, 1.82) is 0 Å². The molecular formula is C23H28N8O4. The Balaban J connectivity index is 1.46. The van der Waals surface area contributed by atoms with Crippen molar-refractivity contribution >= 4 is 23.5 Å². The molecule has 1 amide bonds. The third-order valence-corrected chi connectivity index (χ3v) is 6.29. The van der Waals surface area contributed by atoms with Gasteiger partial charge in [0.15, 0.2) is 11.5 Å². The lowest BCUT2D eigenvalue weighted by Gasteiger charge is -2.23. The Morgan fingerprint density at radius 2 is 1.91 bits per heavy atom. The number of ether oxygens (including phenoxy) is 3. The number of imidazole rings is 1. The van der Waals surface area contributed by atoms with Crippen molar-refractivity contribution in [1.82, 2.24) is 24.8 Å². The molecule has 0 bridgehead atoms. The summed E-state index contributed by atoms with van der Waals surface area (Å²) in [5, 5.41) is 6.64. The number of rotatable bonds is 8. The number of amides is 1. The molecule has 12 nitrogen and oxygen atoms in total. The van der Waals surface area contributed by atoms with Crippen molar-refractivity contribution in [2.24, 2.45) is 5.73 Å². The molecule has 2 aliphatic rings. The van der Waals surface area contributed by atoms with E-state index < -0.39 is 6.04 Å². The molecule has 2 aliphatic heterocycles. The fourth-order valence-electron chi connectivity index (χ4n) is 4.56. The second-order valence-corrected chi connectivity index (χ2v) is 8.33. The first-order chi connectivity index (χ1) is 17.0. The molecule has 184 valence electrons. The molecule has 2 aromatic heterocycles. The summed E-state index contributed by atoms with van der Waals surface area (Å²) in [6.07, 6.45) is 5.11. The maximum Gasteiger partial charge on any atom is 0.240 e. The van der Waals surface area contributed by atoms with Gasteiger partial charge >= 0.3 is 0 Å². The summed E-state index contributed by atoms with van der Waals surface area (Å²) in [4.78, 5) is 27.8. The van der Waals surface area contributed by atoms with Crippen molar-refractivity contribution in [3.63, 3.8) is 0 Å². The molecule has 1 saturated heterocycles. The molecule has 5 rings (SSSR count). The van der Waals surface area contributed by atoms with E-state index in [-0.39, 0.29) is 5.91 Å². The highest BCUT2D eigenvalue weighted by molar-refractivity contribution is 5.83. The van der Waals surface area contributed by atoms with Crippen LogP contribution in [0.3, 0.4) is 0 Å². The number of fused-ring (bicyclic) bond motifs is 1. The zero-order chi connectivity index (χ0) is 24.5. The van der Waals surface area contributed by atoms with Gasteiger partial charge < -0.3 is 40.0 Å². The molecule has 3 aromatic rings. The Morgan fingerprint density at radius 3 is 2.60 bits per heavy atom. The number of primary amides is 1. The third kappa shape index (κ3) is 4.16. The minimum atomic E-state index is -0.394. The van der Waals surface area contributed by atoms with E-state index in [1.165, 1.54) is 0 Å². The van der Waals surface area contributed by atoms with Gasteiger partial charge in [0.05, 0.1) is 38.9 Å². The van der Waals surface area contributed by atoms with Crippen LogP contribution in [0.25, 0.3) is 5.69 Å². The Bertz CT molecular complexity index is 1240. The zero-order valence-electron chi connectivity index (χ0n) is 19.9. The van der Waals surface area contributed by atoms with E-state index in [4.69, 9.17) is 29.9 Å². The fraction of sp³-hybridized carbons (Fsp3) is 0.391. The SMILES string of the molecule is COc1cc(-n2cnc(Nc3nc(N4CCCC4C(N)=O)nc4c3CNC4)c2)cc(OC)c1OC. The Morgan fingerprint density at radius 1 is 1.14 bits per heavy atom. The molecule has 4 heterocycles. The lowest BCUT2D eigenvalue weighted by Crippen LogP contribution is -2.41. The molecule has 0 spiro atoms. The quantitative estimate of drug-likeness (QED) is 0.434. The molecular weight excluding hydrogens is 452 g/mol. The van der Waals surface area contributed by atoms with Gasteiger partial charge in [-0.15, -0.1) is 0 Å². The minimum absolute atomic E-state index is 0.358. The highest BCUT2D eigenvalue weighted by atomic mass is 16.5. The van der Waals surface area contributed by atoms with Gasteiger partial charge in [-0.3, -0.25) is 4.79 Å². The summed E-state index contributed by atoms with van der Waals surface area (Å²) in [6.45, 7) is 1.97. The van der Waals surface area contributed by atoms with Crippen LogP contribution in [0.1, 0.15) is 24.1 Å². The van der Waals surface area contributed by atoms with Crippen LogP contribution in [0.2, 0.25) is 0 Å². The van der Waals surface area contributed by atoms with E-state index in [2.05, 4.69) is 15.6 Å². The van der Waals surface area contributed by atoms with Crippen molar-refractivity contribution in [2.45, 2.75) is 32.0 Å². The first-order valence-corrected chi connectivity index (χ1v) is 11.3. The van der Waals surface area contributed by atoms with Gasteiger partial charge in [0, 0.05) is 37.3 Å². The van der Waals surface area contributed by atoms with Crippen LogP contribution >= 0.6 is 0 Å². The van der Waals surface area contributed by atoms with Crippen LogP contribution in [-0.4, -0.2) is 59.3 Å². The van der Waals surface area contributed by atoms with Gasteiger partial charge in [-0.05, 0) is 12.8 Å². The molecule has 0 aliphatic carbocycles. The number of nitrogens with zero attached hydrogens (tertiary/aromatic N) is 5. The Hall–Kier alpha value is -4.06. The average molecular weight is 481 g/mol. The predicted molar refractivity (Wildman–Crippen MR) is 129 cm³/mol. The smallest absolute Gasteiger partial charge is 0.240 e. The summed E-state index contributed by atoms with van der Waals surface area (Å²) in [5.41, 5.74) is 8.28. The summed E-state index contributed by atoms with van der Waals surface area (Å²) >= 11 is 0.